The first-order valence-electron chi connectivity index (χ1n) is 10.5. The first-order valence-corrected chi connectivity index (χ1v) is 10.5. The van der Waals surface area contributed by atoms with Crippen molar-refractivity contribution in [3.8, 4) is 5.69 Å². The average molecular weight is 410 g/mol. The van der Waals surface area contributed by atoms with Gasteiger partial charge in [-0.2, -0.15) is 5.10 Å². The van der Waals surface area contributed by atoms with Gasteiger partial charge in [-0.15, -0.1) is 0 Å². The lowest BCUT2D eigenvalue weighted by molar-refractivity contribution is -0.120. The zero-order chi connectivity index (χ0) is 22.0. The van der Waals surface area contributed by atoms with Crippen molar-refractivity contribution in [1.29, 1.82) is 0 Å². The molecule has 3 aromatic carbocycles. The Morgan fingerprint density at radius 1 is 0.968 bits per heavy atom. The monoisotopic (exact) mass is 409 g/mol. The largest absolute Gasteiger partial charge is 0.317 e. The third kappa shape index (κ3) is 4.29. The number of benzene rings is 3. The van der Waals surface area contributed by atoms with Gasteiger partial charge in [-0.05, 0) is 56.3 Å². The number of nitrogens with zero attached hydrogens (tertiary/aromatic N) is 2. The van der Waals surface area contributed by atoms with Crippen molar-refractivity contribution in [3.63, 3.8) is 0 Å². The quantitative estimate of drug-likeness (QED) is 0.341. The summed E-state index contributed by atoms with van der Waals surface area (Å²) in [6.45, 7) is 8.25. The number of hydrogen-bond acceptors (Lipinski definition) is 2. The molecule has 0 fully saturated rings. The Bertz CT molecular complexity index is 1290. The molecule has 0 saturated carbocycles. The highest BCUT2D eigenvalue weighted by Gasteiger charge is 2.12. The minimum atomic E-state index is -0.119. The van der Waals surface area contributed by atoms with Gasteiger partial charge < -0.3 is 4.57 Å². The first-order chi connectivity index (χ1) is 14.9. The van der Waals surface area contributed by atoms with Gasteiger partial charge in [0.1, 0.15) is 0 Å². The lowest BCUT2D eigenvalue weighted by Crippen LogP contribution is -2.20. The number of amides is 1. The van der Waals surface area contributed by atoms with Gasteiger partial charge in [0.05, 0.1) is 18.3 Å². The number of carbonyl (C=O) groups excluding carboxylic acids is 1. The van der Waals surface area contributed by atoms with Crippen LogP contribution in [0.3, 0.4) is 0 Å². The summed E-state index contributed by atoms with van der Waals surface area (Å²) in [4.78, 5) is 12.3. The SMILES string of the molecule is Cc1ccc(CC(=O)N/N=C\c2cc(C)n(-c3cccc4ccccc34)c2C)c(C)c1. The van der Waals surface area contributed by atoms with Crippen LogP contribution in [0.25, 0.3) is 16.5 Å². The molecule has 0 radical (unpaired) electrons. The summed E-state index contributed by atoms with van der Waals surface area (Å²) in [5.74, 6) is -0.119. The van der Waals surface area contributed by atoms with Gasteiger partial charge in [0, 0.05) is 22.3 Å². The zero-order valence-electron chi connectivity index (χ0n) is 18.4. The molecule has 0 saturated heterocycles. The Morgan fingerprint density at radius 3 is 2.55 bits per heavy atom. The van der Waals surface area contributed by atoms with Crippen LogP contribution < -0.4 is 5.43 Å². The van der Waals surface area contributed by atoms with Crippen LogP contribution in [-0.4, -0.2) is 16.7 Å². The molecule has 1 aromatic heterocycles. The van der Waals surface area contributed by atoms with Crippen molar-refractivity contribution in [1.82, 2.24) is 9.99 Å². The number of aromatic nitrogens is 1. The van der Waals surface area contributed by atoms with E-state index in [1.807, 2.05) is 19.1 Å². The van der Waals surface area contributed by atoms with Crippen molar-refractivity contribution in [3.05, 3.63) is 100 Å². The van der Waals surface area contributed by atoms with Gasteiger partial charge in [0.2, 0.25) is 5.91 Å². The second kappa shape index (κ2) is 8.60. The van der Waals surface area contributed by atoms with Gasteiger partial charge >= 0.3 is 0 Å². The third-order valence-corrected chi connectivity index (χ3v) is 5.72. The maximum absolute atomic E-state index is 12.3. The smallest absolute Gasteiger partial charge is 0.244 e. The predicted molar refractivity (Wildman–Crippen MR) is 128 cm³/mol. The highest BCUT2D eigenvalue weighted by atomic mass is 16.2. The van der Waals surface area contributed by atoms with E-state index in [9.17, 15) is 4.79 Å². The zero-order valence-corrected chi connectivity index (χ0v) is 18.4. The molecular weight excluding hydrogens is 382 g/mol. The van der Waals surface area contributed by atoms with Crippen LogP contribution in [-0.2, 0) is 11.2 Å². The van der Waals surface area contributed by atoms with Crippen LogP contribution in [0.5, 0.6) is 0 Å². The van der Waals surface area contributed by atoms with Crippen molar-refractivity contribution in [2.75, 3.05) is 0 Å². The van der Waals surface area contributed by atoms with E-state index >= 15 is 0 Å². The van der Waals surface area contributed by atoms with E-state index in [0.717, 1.165) is 33.8 Å². The van der Waals surface area contributed by atoms with Crippen molar-refractivity contribution in [2.24, 2.45) is 5.10 Å². The molecule has 0 aliphatic rings. The van der Waals surface area contributed by atoms with Crippen LogP contribution in [0.4, 0.5) is 0 Å². The topological polar surface area (TPSA) is 46.4 Å². The molecule has 4 nitrogen and oxygen atoms in total. The number of carbonyl (C=O) groups is 1. The summed E-state index contributed by atoms with van der Waals surface area (Å²) < 4.78 is 2.24. The number of hydrazone groups is 1. The van der Waals surface area contributed by atoms with E-state index < -0.39 is 0 Å². The second-order valence-corrected chi connectivity index (χ2v) is 8.06. The van der Waals surface area contributed by atoms with E-state index in [-0.39, 0.29) is 5.91 Å². The number of rotatable bonds is 5. The maximum atomic E-state index is 12.3. The fourth-order valence-corrected chi connectivity index (χ4v) is 4.12. The summed E-state index contributed by atoms with van der Waals surface area (Å²) in [5, 5.41) is 6.63. The second-order valence-electron chi connectivity index (χ2n) is 8.06. The fourth-order valence-electron chi connectivity index (χ4n) is 4.12. The molecule has 1 N–H and O–H groups in total. The molecule has 0 unspecified atom stereocenters. The standard InChI is InChI=1S/C27H27N3O/c1-18-12-13-23(19(2)14-18)16-27(31)29-28-17-24-15-20(3)30(21(24)4)26-11-7-9-22-8-5-6-10-25(22)26/h5-15,17H,16H2,1-4H3,(H,29,31)/b28-17-. The molecule has 0 atom stereocenters. The van der Waals surface area contributed by atoms with Gasteiger partial charge in [-0.3, -0.25) is 4.79 Å². The number of hydrogen-bond donors (Lipinski definition) is 1. The Labute approximate surface area is 183 Å². The summed E-state index contributed by atoms with van der Waals surface area (Å²) in [5.41, 5.74) is 10.3. The molecule has 1 heterocycles. The van der Waals surface area contributed by atoms with E-state index in [4.69, 9.17) is 0 Å². The molecular formula is C27H27N3O. The van der Waals surface area contributed by atoms with Gasteiger partial charge in [0.15, 0.2) is 0 Å². The molecule has 0 aliphatic heterocycles. The highest BCUT2D eigenvalue weighted by Crippen LogP contribution is 2.26. The predicted octanol–water partition coefficient (Wildman–Crippen LogP) is 5.56. The lowest BCUT2D eigenvalue weighted by atomic mass is 10.0. The van der Waals surface area contributed by atoms with Crippen LogP contribution in [0.1, 0.15) is 33.6 Å². The third-order valence-electron chi connectivity index (χ3n) is 5.72. The van der Waals surface area contributed by atoms with Gasteiger partial charge in [-0.25, -0.2) is 5.43 Å². The number of nitrogens with one attached hydrogen (secondary N) is 1. The molecule has 4 heteroatoms. The molecule has 0 bridgehead atoms. The highest BCUT2D eigenvalue weighted by molar-refractivity contribution is 5.91. The first kappa shape index (κ1) is 20.6. The average Bonchev–Trinajstić information content (AvgIpc) is 3.03. The van der Waals surface area contributed by atoms with Crippen LogP contribution in [0, 0.1) is 27.7 Å². The Kier molecular flexibility index (Phi) is 5.72. The van der Waals surface area contributed by atoms with Gasteiger partial charge in [-0.1, -0.05) is 60.2 Å². The van der Waals surface area contributed by atoms with Gasteiger partial charge in [0.25, 0.3) is 0 Å². The summed E-state index contributed by atoms with van der Waals surface area (Å²) in [6.07, 6.45) is 2.04. The van der Waals surface area contributed by atoms with Crippen molar-refractivity contribution >= 4 is 22.9 Å². The Hall–Kier alpha value is -3.66. The molecule has 0 spiro atoms. The summed E-state index contributed by atoms with van der Waals surface area (Å²) in [6, 6.07) is 22.9. The molecule has 4 aromatic rings. The normalized spacial score (nSPS) is 11.4. The van der Waals surface area contributed by atoms with E-state index in [1.54, 1.807) is 6.21 Å². The Morgan fingerprint density at radius 2 is 1.74 bits per heavy atom. The minimum absolute atomic E-state index is 0.119. The van der Waals surface area contributed by atoms with Crippen molar-refractivity contribution in [2.45, 2.75) is 34.1 Å². The fraction of sp³-hybridized carbons (Fsp3) is 0.185. The van der Waals surface area contributed by atoms with Crippen LogP contribution >= 0.6 is 0 Å². The molecule has 0 aliphatic carbocycles. The van der Waals surface area contributed by atoms with E-state index in [0.29, 0.717) is 6.42 Å². The number of aryl methyl sites for hydroxylation is 3. The molecule has 1 amide bonds. The van der Waals surface area contributed by atoms with Crippen LogP contribution in [0.15, 0.2) is 71.8 Å². The summed E-state index contributed by atoms with van der Waals surface area (Å²) >= 11 is 0. The van der Waals surface area contributed by atoms with Crippen molar-refractivity contribution < 1.29 is 4.79 Å². The number of fused-ring (bicyclic) bond motifs is 1. The summed E-state index contributed by atoms with van der Waals surface area (Å²) in [7, 11) is 0. The minimum Gasteiger partial charge on any atom is -0.317 e. The van der Waals surface area contributed by atoms with E-state index in [1.165, 1.54) is 16.3 Å². The maximum Gasteiger partial charge on any atom is 0.244 e. The molecule has 4 rings (SSSR count). The molecule has 31 heavy (non-hydrogen) atoms. The lowest BCUT2D eigenvalue weighted by Gasteiger charge is -2.13. The van der Waals surface area contributed by atoms with E-state index in [2.05, 4.69) is 90.5 Å². The Balaban J connectivity index is 1.53. The van der Waals surface area contributed by atoms with Crippen LogP contribution in [0.2, 0.25) is 0 Å². The molecule has 156 valence electrons.